The highest BCUT2D eigenvalue weighted by molar-refractivity contribution is 4.23. The summed E-state index contributed by atoms with van der Waals surface area (Å²) in [5, 5.41) is 0. The Morgan fingerprint density at radius 3 is 1.50 bits per heavy atom. The lowest BCUT2D eigenvalue weighted by molar-refractivity contribution is 0.113. The van der Waals surface area contributed by atoms with E-state index < -0.39 is 13.1 Å². The SMILES string of the molecule is F.FCC(F)F. The Bertz CT molecular complexity index is 19.5. The molecule has 0 amide bonds. The number of hydrogen-bond acceptors (Lipinski definition) is 0. The molecule has 0 heterocycles. The van der Waals surface area contributed by atoms with Crippen molar-refractivity contribution in [2.45, 2.75) is 6.43 Å². The van der Waals surface area contributed by atoms with Crippen molar-refractivity contribution in [2.75, 3.05) is 6.67 Å². The molecule has 0 fully saturated rings. The van der Waals surface area contributed by atoms with E-state index in [1.165, 1.54) is 0 Å². The highest BCUT2D eigenvalue weighted by Gasteiger charge is 1.95. The molecular weight excluding hydrogens is 100 g/mol. The summed E-state index contributed by atoms with van der Waals surface area (Å²) in [5.41, 5.74) is 0. The minimum atomic E-state index is -2.78. The molecule has 0 rings (SSSR count). The molecule has 0 spiro atoms. The van der Waals surface area contributed by atoms with Crippen LogP contribution in [0.15, 0.2) is 0 Å². The summed E-state index contributed by atoms with van der Waals surface area (Å²) in [7, 11) is 0. The first-order valence-corrected chi connectivity index (χ1v) is 1.11. The van der Waals surface area contributed by atoms with Gasteiger partial charge in [-0.05, 0) is 0 Å². The Balaban J connectivity index is 0. The number of alkyl halides is 3. The zero-order chi connectivity index (χ0) is 4.28. The Morgan fingerprint density at radius 1 is 1.33 bits per heavy atom. The summed E-state index contributed by atoms with van der Waals surface area (Å²) in [5.74, 6) is 0. The molecular formula is C2H4F4. The third-order valence-corrected chi connectivity index (χ3v) is 0.117. The fraction of sp³-hybridized carbons (Fsp3) is 1.00. The highest BCUT2D eigenvalue weighted by atomic mass is 19.3. The van der Waals surface area contributed by atoms with Gasteiger partial charge in [0.15, 0.2) is 6.67 Å². The third kappa shape index (κ3) is 9.30. The Hall–Kier alpha value is -0.280. The van der Waals surface area contributed by atoms with Gasteiger partial charge in [0.2, 0.25) is 0 Å². The van der Waals surface area contributed by atoms with Gasteiger partial charge in [0.05, 0.1) is 0 Å². The Morgan fingerprint density at radius 2 is 1.50 bits per heavy atom. The van der Waals surface area contributed by atoms with Crippen LogP contribution in [-0.2, 0) is 0 Å². The van der Waals surface area contributed by atoms with Gasteiger partial charge in [-0.2, -0.15) is 0 Å². The van der Waals surface area contributed by atoms with Gasteiger partial charge in [-0.25, -0.2) is 13.2 Å². The maximum absolute atomic E-state index is 10.4. The van der Waals surface area contributed by atoms with E-state index in [0.717, 1.165) is 0 Å². The van der Waals surface area contributed by atoms with E-state index in [1.54, 1.807) is 0 Å². The quantitative estimate of drug-likeness (QED) is 0.441. The first kappa shape index (κ1) is 9.21. The zero-order valence-corrected chi connectivity index (χ0v) is 2.83. The van der Waals surface area contributed by atoms with Crippen LogP contribution in [0.2, 0.25) is 0 Å². The van der Waals surface area contributed by atoms with Crippen molar-refractivity contribution >= 4 is 0 Å². The predicted molar refractivity (Wildman–Crippen MR) is 14.5 cm³/mol. The van der Waals surface area contributed by atoms with E-state index >= 15 is 0 Å². The average Bonchev–Trinajstić information content (AvgIpc) is 1.38. The predicted octanol–water partition coefficient (Wildman–Crippen LogP) is 1.37. The van der Waals surface area contributed by atoms with Gasteiger partial charge in [0.25, 0.3) is 6.43 Å². The van der Waals surface area contributed by atoms with Crippen LogP contribution in [0.4, 0.5) is 17.9 Å². The van der Waals surface area contributed by atoms with Crippen LogP contribution in [0.1, 0.15) is 0 Å². The molecule has 0 N–H and O–H groups in total. The summed E-state index contributed by atoms with van der Waals surface area (Å²) >= 11 is 0. The molecule has 40 valence electrons. The molecule has 0 aromatic heterocycles. The summed E-state index contributed by atoms with van der Waals surface area (Å²) in [6, 6.07) is 0. The molecule has 0 aromatic carbocycles. The second-order valence-corrected chi connectivity index (χ2v) is 0.545. The van der Waals surface area contributed by atoms with E-state index in [1.807, 2.05) is 0 Å². The van der Waals surface area contributed by atoms with E-state index in [9.17, 15) is 13.2 Å². The summed E-state index contributed by atoms with van der Waals surface area (Å²) < 4.78 is 31.1. The normalized spacial score (nSPS) is 8.00. The van der Waals surface area contributed by atoms with Crippen LogP contribution in [0.5, 0.6) is 0 Å². The van der Waals surface area contributed by atoms with Crippen LogP contribution < -0.4 is 0 Å². The third-order valence-electron chi connectivity index (χ3n) is 0.117. The molecule has 6 heavy (non-hydrogen) atoms. The molecule has 0 atom stereocenters. The standard InChI is InChI=1S/C2H3F3.FH/c3-1-2(4)5;/h2H,1H2;1H. The van der Waals surface area contributed by atoms with Crippen molar-refractivity contribution in [1.29, 1.82) is 0 Å². The van der Waals surface area contributed by atoms with Crippen molar-refractivity contribution in [2.24, 2.45) is 0 Å². The van der Waals surface area contributed by atoms with Gasteiger partial charge < -0.3 is 0 Å². The number of hydrogen-bond donors (Lipinski definition) is 0. The van der Waals surface area contributed by atoms with Gasteiger partial charge in [0.1, 0.15) is 0 Å². The highest BCUT2D eigenvalue weighted by Crippen LogP contribution is 1.88. The zero-order valence-electron chi connectivity index (χ0n) is 2.83. The molecule has 0 aliphatic carbocycles. The van der Waals surface area contributed by atoms with Crippen LogP contribution in [0.3, 0.4) is 0 Å². The van der Waals surface area contributed by atoms with Crippen molar-refractivity contribution in [3.8, 4) is 0 Å². The molecule has 0 radical (unpaired) electrons. The molecule has 0 aliphatic rings. The molecule has 0 saturated heterocycles. The van der Waals surface area contributed by atoms with Crippen LogP contribution >= 0.6 is 0 Å². The maximum atomic E-state index is 10.4. The van der Waals surface area contributed by atoms with Gasteiger partial charge in [-0.15, -0.1) is 0 Å². The number of rotatable bonds is 1. The van der Waals surface area contributed by atoms with Crippen molar-refractivity contribution in [3.05, 3.63) is 0 Å². The summed E-state index contributed by atoms with van der Waals surface area (Å²) in [6.07, 6.45) is -2.78. The summed E-state index contributed by atoms with van der Waals surface area (Å²) in [4.78, 5) is 0. The second-order valence-electron chi connectivity index (χ2n) is 0.545. The topological polar surface area (TPSA) is 0 Å². The first-order chi connectivity index (χ1) is 2.27. The van der Waals surface area contributed by atoms with Gasteiger partial charge >= 0.3 is 0 Å². The first-order valence-electron chi connectivity index (χ1n) is 1.11. The molecule has 0 nitrogen and oxygen atoms in total. The fourth-order valence-electron chi connectivity index (χ4n) is 0. The van der Waals surface area contributed by atoms with Crippen molar-refractivity contribution in [1.82, 2.24) is 0 Å². The van der Waals surface area contributed by atoms with Gasteiger partial charge in [0, 0.05) is 0 Å². The molecule has 0 aromatic rings. The Kier molecular flexibility index (Phi) is 7.24. The molecule has 0 unspecified atom stereocenters. The summed E-state index contributed by atoms with van der Waals surface area (Å²) in [6.45, 7) is -1.53. The van der Waals surface area contributed by atoms with Gasteiger partial charge in [-0.3, -0.25) is 4.70 Å². The van der Waals surface area contributed by atoms with E-state index in [-0.39, 0.29) is 4.70 Å². The van der Waals surface area contributed by atoms with Crippen molar-refractivity contribution < 1.29 is 17.9 Å². The van der Waals surface area contributed by atoms with Crippen LogP contribution in [-0.4, -0.2) is 13.1 Å². The average molecular weight is 104 g/mol. The monoisotopic (exact) mass is 104 g/mol. The maximum Gasteiger partial charge on any atom is 0.266 e. The smallest absolute Gasteiger partial charge is 0.266 e. The van der Waals surface area contributed by atoms with E-state index in [2.05, 4.69) is 0 Å². The van der Waals surface area contributed by atoms with E-state index in [0.29, 0.717) is 0 Å². The largest absolute Gasteiger partial charge is 0.269 e. The molecule has 0 bridgehead atoms. The molecule has 0 saturated carbocycles. The second kappa shape index (κ2) is 4.72. The molecule has 0 aliphatic heterocycles. The number of halogens is 4. The Labute approximate surface area is 32.3 Å². The minimum absolute atomic E-state index is 0. The minimum Gasteiger partial charge on any atom is -0.269 e. The fourth-order valence-corrected chi connectivity index (χ4v) is 0. The van der Waals surface area contributed by atoms with Crippen LogP contribution in [0.25, 0.3) is 0 Å². The lowest BCUT2D eigenvalue weighted by Gasteiger charge is -1.78. The molecule has 4 heteroatoms. The lowest BCUT2D eigenvalue weighted by atomic mass is 10.8. The lowest BCUT2D eigenvalue weighted by Crippen LogP contribution is -1.88. The van der Waals surface area contributed by atoms with E-state index in [4.69, 9.17) is 0 Å². The van der Waals surface area contributed by atoms with Crippen LogP contribution in [0, 0.1) is 0 Å². The van der Waals surface area contributed by atoms with Gasteiger partial charge in [-0.1, -0.05) is 0 Å². The van der Waals surface area contributed by atoms with Crippen molar-refractivity contribution in [3.63, 3.8) is 0 Å².